The minimum absolute atomic E-state index is 0.509. The van der Waals surface area contributed by atoms with Crippen molar-refractivity contribution in [1.29, 1.82) is 0 Å². The average Bonchev–Trinajstić information content (AvgIpc) is 2.63. The summed E-state index contributed by atoms with van der Waals surface area (Å²) >= 11 is 0. The number of anilines is 4. The van der Waals surface area contributed by atoms with Crippen molar-refractivity contribution in [2.45, 2.75) is 13.8 Å². The second-order valence-corrected chi connectivity index (χ2v) is 5.63. The van der Waals surface area contributed by atoms with Crippen LogP contribution in [0.3, 0.4) is 0 Å². The van der Waals surface area contributed by atoms with Crippen molar-refractivity contribution in [2.24, 2.45) is 0 Å². The van der Waals surface area contributed by atoms with Crippen LogP contribution in [0.15, 0.2) is 54.6 Å². The van der Waals surface area contributed by atoms with E-state index in [1.165, 1.54) is 0 Å². The largest absolute Gasteiger partial charge is 0.497 e. The monoisotopic (exact) mass is 350 g/mol. The highest BCUT2D eigenvalue weighted by molar-refractivity contribution is 5.65. The lowest BCUT2D eigenvalue weighted by Crippen LogP contribution is -2.03. The van der Waals surface area contributed by atoms with Crippen molar-refractivity contribution in [3.8, 4) is 11.5 Å². The highest BCUT2D eigenvalue weighted by Gasteiger charge is 2.07. The summed E-state index contributed by atoms with van der Waals surface area (Å²) in [5.74, 6) is 2.75. The van der Waals surface area contributed by atoms with Gasteiger partial charge in [0.05, 0.1) is 19.4 Å². The van der Waals surface area contributed by atoms with E-state index < -0.39 is 0 Å². The van der Waals surface area contributed by atoms with Crippen LogP contribution in [0.1, 0.15) is 12.6 Å². The lowest BCUT2D eigenvalue weighted by molar-refractivity contribution is 0.342. The number of aryl methyl sites for hydroxylation is 1. The number of hydrogen-bond acceptors (Lipinski definition) is 6. The zero-order chi connectivity index (χ0) is 18.4. The molecule has 3 aromatic rings. The first kappa shape index (κ1) is 17.5. The van der Waals surface area contributed by atoms with E-state index in [-0.39, 0.29) is 0 Å². The maximum atomic E-state index is 5.66. The molecule has 0 aliphatic rings. The molecule has 0 atom stereocenters. The van der Waals surface area contributed by atoms with E-state index in [1.807, 2.05) is 68.4 Å². The van der Waals surface area contributed by atoms with Crippen molar-refractivity contribution in [3.05, 3.63) is 60.3 Å². The molecule has 0 aliphatic heterocycles. The zero-order valence-corrected chi connectivity index (χ0v) is 15.1. The summed E-state index contributed by atoms with van der Waals surface area (Å²) in [4.78, 5) is 9.00. The molecule has 2 aromatic carbocycles. The van der Waals surface area contributed by atoms with Crippen LogP contribution in [0.2, 0.25) is 0 Å². The number of benzene rings is 2. The average molecular weight is 350 g/mol. The van der Waals surface area contributed by atoms with Crippen LogP contribution in [0, 0.1) is 6.92 Å². The maximum absolute atomic E-state index is 5.66. The first-order valence-electron chi connectivity index (χ1n) is 8.43. The van der Waals surface area contributed by atoms with Gasteiger partial charge in [0.15, 0.2) is 0 Å². The summed E-state index contributed by atoms with van der Waals surface area (Å²) in [5.41, 5.74) is 2.57. The summed E-state index contributed by atoms with van der Waals surface area (Å²) < 4.78 is 10.9. The molecule has 0 saturated carbocycles. The number of rotatable bonds is 7. The summed E-state index contributed by atoms with van der Waals surface area (Å²) in [6, 6.07) is 17.3. The minimum atomic E-state index is 0.509. The van der Waals surface area contributed by atoms with Crippen LogP contribution in [0.5, 0.6) is 11.5 Å². The highest BCUT2D eigenvalue weighted by Crippen LogP contribution is 2.27. The van der Waals surface area contributed by atoms with Gasteiger partial charge in [0.2, 0.25) is 5.95 Å². The van der Waals surface area contributed by atoms with Crippen LogP contribution in [-0.2, 0) is 0 Å². The van der Waals surface area contributed by atoms with Gasteiger partial charge in [-0.2, -0.15) is 4.98 Å². The van der Waals surface area contributed by atoms with Gasteiger partial charge >= 0.3 is 0 Å². The fourth-order valence-corrected chi connectivity index (χ4v) is 2.51. The zero-order valence-electron chi connectivity index (χ0n) is 15.1. The molecule has 26 heavy (non-hydrogen) atoms. The Morgan fingerprint density at radius 3 is 2.62 bits per heavy atom. The van der Waals surface area contributed by atoms with Crippen LogP contribution >= 0.6 is 0 Å². The third-order valence-corrected chi connectivity index (χ3v) is 3.63. The van der Waals surface area contributed by atoms with Crippen LogP contribution in [0.25, 0.3) is 0 Å². The number of nitrogens with zero attached hydrogens (tertiary/aromatic N) is 2. The molecule has 0 aliphatic carbocycles. The number of nitrogens with one attached hydrogen (secondary N) is 2. The molecule has 0 bridgehead atoms. The van der Waals surface area contributed by atoms with Gasteiger partial charge in [-0.25, -0.2) is 4.98 Å². The molecule has 0 amide bonds. The second kappa shape index (κ2) is 8.20. The third kappa shape index (κ3) is 4.42. The summed E-state index contributed by atoms with van der Waals surface area (Å²) in [6.45, 7) is 4.49. The Bertz CT molecular complexity index is 883. The van der Waals surface area contributed by atoms with Crippen molar-refractivity contribution in [2.75, 3.05) is 24.4 Å². The lowest BCUT2D eigenvalue weighted by Gasteiger charge is -2.13. The van der Waals surface area contributed by atoms with Crippen LogP contribution < -0.4 is 20.1 Å². The lowest BCUT2D eigenvalue weighted by atomic mass is 10.3. The first-order chi connectivity index (χ1) is 12.7. The standard InChI is InChI=1S/C20H22N4O2/c1-4-26-18-11-6-5-10-17(18)23-19-12-14(2)21-20(24-19)22-15-8-7-9-16(13-15)25-3/h5-13H,4H2,1-3H3,(H2,21,22,23,24). The van der Waals surface area contributed by atoms with Crippen molar-refractivity contribution in [1.82, 2.24) is 9.97 Å². The number of hydrogen-bond donors (Lipinski definition) is 2. The van der Waals surface area contributed by atoms with Crippen LogP contribution in [-0.4, -0.2) is 23.7 Å². The van der Waals surface area contributed by atoms with Gasteiger partial charge in [0, 0.05) is 23.5 Å². The molecule has 0 fully saturated rings. The predicted octanol–water partition coefficient (Wildman–Crippen LogP) is 4.68. The Hall–Kier alpha value is -3.28. The molecule has 2 N–H and O–H groups in total. The summed E-state index contributed by atoms with van der Waals surface area (Å²) in [5, 5.41) is 6.52. The van der Waals surface area contributed by atoms with E-state index in [0.29, 0.717) is 18.4 Å². The Kier molecular flexibility index (Phi) is 5.53. The number of methoxy groups -OCH3 is 1. The Morgan fingerprint density at radius 1 is 0.962 bits per heavy atom. The van der Waals surface area contributed by atoms with Crippen molar-refractivity contribution in [3.63, 3.8) is 0 Å². The topological polar surface area (TPSA) is 68.3 Å². The van der Waals surface area contributed by atoms with Gasteiger partial charge in [0.25, 0.3) is 0 Å². The molecule has 0 saturated heterocycles. The van der Waals surface area contributed by atoms with Crippen molar-refractivity contribution < 1.29 is 9.47 Å². The summed E-state index contributed by atoms with van der Waals surface area (Å²) in [6.07, 6.45) is 0. The molecule has 3 rings (SSSR count). The van der Waals surface area contributed by atoms with Gasteiger partial charge in [-0.1, -0.05) is 18.2 Å². The van der Waals surface area contributed by atoms with Gasteiger partial charge in [-0.15, -0.1) is 0 Å². The molecular weight excluding hydrogens is 328 g/mol. The predicted molar refractivity (Wildman–Crippen MR) is 104 cm³/mol. The maximum Gasteiger partial charge on any atom is 0.229 e. The van der Waals surface area contributed by atoms with E-state index in [4.69, 9.17) is 9.47 Å². The smallest absolute Gasteiger partial charge is 0.229 e. The number of para-hydroxylation sites is 2. The van der Waals surface area contributed by atoms with Crippen LogP contribution in [0.4, 0.5) is 23.1 Å². The van der Waals surface area contributed by atoms with E-state index in [0.717, 1.165) is 28.6 Å². The van der Waals surface area contributed by atoms with E-state index in [9.17, 15) is 0 Å². The molecule has 6 heteroatoms. The van der Waals surface area contributed by atoms with Crippen molar-refractivity contribution >= 4 is 23.1 Å². The molecule has 0 spiro atoms. The quantitative estimate of drug-likeness (QED) is 0.645. The highest BCUT2D eigenvalue weighted by atomic mass is 16.5. The summed E-state index contributed by atoms with van der Waals surface area (Å²) in [7, 11) is 1.64. The molecular formula is C20H22N4O2. The molecule has 0 radical (unpaired) electrons. The first-order valence-corrected chi connectivity index (χ1v) is 8.43. The van der Waals surface area contributed by atoms with Gasteiger partial charge in [-0.05, 0) is 38.1 Å². The number of aromatic nitrogens is 2. The third-order valence-electron chi connectivity index (χ3n) is 3.63. The van der Waals surface area contributed by atoms with Gasteiger partial charge < -0.3 is 20.1 Å². The normalized spacial score (nSPS) is 10.3. The Labute approximate surface area is 153 Å². The van der Waals surface area contributed by atoms with Gasteiger partial charge in [0.1, 0.15) is 17.3 Å². The van der Waals surface area contributed by atoms with E-state index in [1.54, 1.807) is 7.11 Å². The van der Waals surface area contributed by atoms with Gasteiger partial charge in [-0.3, -0.25) is 0 Å². The molecule has 134 valence electrons. The Balaban J connectivity index is 1.84. The van der Waals surface area contributed by atoms with E-state index in [2.05, 4.69) is 20.6 Å². The fourth-order valence-electron chi connectivity index (χ4n) is 2.51. The molecule has 0 unspecified atom stereocenters. The Morgan fingerprint density at radius 2 is 1.81 bits per heavy atom. The fraction of sp³-hybridized carbons (Fsp3) is 0.200. The molecule has 1 aromatic heterocycles. The second-order valence-electron chi connectivity index (χ2n) is 5.63. The molecule has 6 nitrogen and oxygen atoms in total. The molecule has 1 heterocycles. The minimum Gasteiger partial charge on any atom is -0.497 e. The van der Waals surface area contributed by atoms with E-state index >= 15 is 0 Å². The SMILES string of the molecule is CCOc1ccccc1Nc1cc(C)nc(Nc2cccc(OC)c2)n1. The number of ether oxygens (including phenoxy) is 2.